The van der Waals surface area contributed by atoms with Crippen LogP contribution in [0.25, 0.3) is 0 Å². The van der Waals surface area contributed by atoms with Crippen molar-refractivity contribution >= 4 is 58.4 Å². The summed E-state index contributed by atoms with van der Waals surface area (Å²) in [6, 6.07) is 26.7. The van der Waals surface area contributed by atoms with Gasteiger partial charge in [0.2, 0.25) is 35.7 Å². The Labute approximate surface area is 307 Å². The molecule has 0 bridgehead atoms. The molecule has 264 valence electrons. The van der Waals surface area contributed by atoms with E-state index in [0.717, 1.165) is 44.8 Å². The maximum absolute atomic E-state index is 9.21. The van der Waals surface area contributed by atoms with E-state index in [1.54, 1.807) is 48.5 Å². The van der Waals surface area contributed by atoms with E-state index in [2.05, 4.69) is 112 Å². The molecule has 4 aromatic carbocycles. The standard InChI is InChI=1S/C39H38N14/c1-22-15-24(3)32(25(4)16-22)46-38-50-34(48-36(52-38)44-30-11-7-28(19-40)8-12-30)42-21-43-35-49-37(45-31-13-9-29(20-41)10-14-31)53-39(51-35)47-33-26(5)17-23(2)18-27(33)6/h7-18H,21H2,1-6H3,(H3,42,44,46,48,50,52)(H3,43,45,47,49,51,53). The van der Waals surface area contributed by atoms with Gasteiger partial charge in [-0.3, -0.25) is 0 Å². The zero-order valence-electron chi connectivity index (χ0n) is 30.2. The van der Waals surface area contributed by atoms with Crippen molar-refractivity contribution in [3.63, 3.8) is 0 Å². The first-order valence-corrected chi connectivity index (χ1v) is 16.8. The van der Waals surface area contributed by atoms with Crippen molar-refractivity contribution in [3.8, 4) is 12.1 Å². The van der Waals surface area contributed by atoms with E-state index < -0.39 is 0 Å². The average molecular weight is 703 g/mol. The van der Waals surface area contributed by atoms with E-state index in [-0.39, 0.29) is 18.6 Å². The van der Waals surface area contributed by atoms with Crippen LogP contribution in [0.3, 0.4) is 0 Å². The Kier molecular flexibility index (Phi) is 10.5. The maximum atomic E-state index is 9.21. The summed E-state index contributed by atoms with van der Waals surface area (Å²) in [5.74, 6) is 1.81. The van der Waals surface area contributed by atoms with E-state index >= 15 is 0 Å². The molecule has 6 rings (SSSR count). The highest BCUT2D eigenvalue weighted by Crippen LogP contribution is 2.28. The molecule has 0 saturated carbocycles. The van der Waals surface area contributed by atoms with Gasteiger partial charge in [-0.05, 0) is 112 Å². The fourth-order valence-electron chi connectivity index (χ4n) is 5.83. The molecule has 14 heteroatoms. The Balaban J connectivity index is 1.27. The van der Waals surface area contributed by atoms with E-state index in [9.17, 15) is 10.5 Å². The Morgan fingerprint density at radius 2 is 0.736 bits per heavy atom. The summed E-state index contributed by atoms with van der Waals surface area (Å²) in [6.45, 7) is 12.4. The number of anilines is 10. The Morgan fingerprint density at radius 3 is 1.06 bits per heavy atom. The predicted molar refractivity (Wildman–Crippen MR) is 209 cm³/mol. The fraction of sp³-hybridized carbons (Fsp3) is 0.179. The third-order valence-corrected chi connectivity index (χ3v) is 8.13. The van der Waals surface area contributed by atoms with Crippen molar-refractivity contribution in [1.82, 2.24) is 29.9 Å². The highest BCUT2D eigenvalue weighted by atomic mass is 15.3. The maximum Gasteiger partial charge on any atom is 0.233 e. The summed E-state index contributed by atoms with van der Waals surface area (Å²) >= 11 is 0. The summed E-state index contributed by atoms with van der Waals surface area (Å²) in [5, 5.41) is 38.0. The zero-order chi connectivity index (χ0) is 37.5. The topological polar surface area (TPSA) is 197 Å². The van der Waals surface area contributed by atoms with E-state index in [1.165, 1.54) is 0 Å². The van der Waals surface area contributed by atoms with Gasteiger partial charge < -0.3 is 31.9 Å². The second-order valence-corrected chi connectivity index (χ2v) is 12.6. The molecule has 0 amide bonds. The third kappa shape index (κ3) is 9.08. The lowest BCUT2D eigenvalue weighted by atomic mass is 10.1. The van der Waals surface area contributed by atoms with Crippen LogP contribution in [0, 0.1) is 64.2 Å². The molecule has 14 nitrogen and oxygen atoms in total. The van der Waals surface area contributed by atoms with Crippen LogP contribution in [0.4, 0.5) is 58.4 Å². The van der Waals surface area contributed by atoms with Crippen molar-refractivity contribution < 1.29 is 0 Å². The van der Waals surface area contributed by atoms with Crippen LogP contribution < -0.4 is 31.9 Å². The fourth-order valence-corrected chi connectivity index (χ4v) is 5.83. The third-order valence-electron chi connectivity index (χ3n) is 8.13. The number of nitrogens with zero attached hydrogens (tertiary/aromatic N) is 8. The number of aromatic nitrogens is 6. The van der Waals surface area contributed by atoms with Gasteiger partial charge in [0.25, 0.3) is 0 Å². The lowest BCUT2D eigenvalue weighted by Crippen LogP contribution is -2.18. The molecule has 0 saturated heterocycles. The van der Waals surface area contributed by atoms with Crippen LogP contribution in [0.15, 0.2) is 72.8 Å². The van der Waals surface area contributed by atoms with Gasteiger partial charge in [0, 0.05) is 22.7 Å². The Bertz CT molecular complexity index is 2150. The zero-order valence-corrected chi connectivity index (χ0v) is 30.2. The summed E-state index contributed by atoms with van der Waals surface area (Å²) < 4.78 is 0. The molecule has 0 atom stereocenters. The molecule has 6 aromatic rings. The molecule has 0 unspecified atom stereocenters. The van der Waals surface area contributed by atoms with Crippen molar-refractivity contribution in [1.29, 1.82) is 10.5 Å². The quantitative estimate of drug-likeness (QED) is 0.0669. The van der Waals surface area contributed by atoms with Gasteiger partial charge in [-0.25, -0.2) is 0 Å². The minimum absolute atomic E-state index is 0.144. The second kappa shape index (κ2) is 15.7. The van der Waals surface area contributed by atoms with E-state index in [4.69, 9.17) is 0 Å². The van der Waals surface area contributed by atoms with Gasteiger partial charge in [0.15, 0.2) is 0 Å². The molecular formula is C39H38N14. The van der Waals surface area contributed by atoms with Crippen molar-refractivity contribution in [2.24, 2.45) is 0 Å². The summed E-state index contributed by atoms with van der Waals surface area (Å²) in [6.07, 6.45) is 0. The number of aryl methyl sites for hydroxylation is 6. The monoisotopic (exact) mass is 702 g/mol. The molecule has 0 radical (unpaired) electrons. The molecule has 6 N–H and O–H groups in total. The van der Waals surface area contributed by atoms with E-state index in [1.807, 2.05) is 27.7 Å². The van der Waals surface area contributed by atoms with Crippen LogP contribution >= 0.6 is 0 Å². The molecular weight excluding hydrogens is 665 g/mol. The molecule has 0 aliphatic carbocycles. The lowest BCUT2D eigenvalue weighted by Gasteiger charge is -2.16. The van der Waals surface area contributed by atoms with Gasteiger partial charge in [0.1, 0.15) is 0 Å². The molecule has 2 heterocycles. The van der Waals surface area contributed by atoms with Gasteiger partial charge in [-0.1, -0.05) is 35.4 Å². The van der Waals surface area contributed by atoms with Crippen LogP contribution in [-0.2, 0) is 0 Å². The van der Waals surface area contributed by atoms with Crippen LogP contribution in [0.5, 0.6) is 0 Å². The van der Waals surface area contributed by atoms with Crippen LogP contribution in [0.2, 0.25) is 0 Å². The summed E-state index contributed by atoms with van der Waals surface area (Å²) in [5.41, 5.74) is 10.9. The molecule has 0 spiro atoms. The van der Waals surface area contributed by atoms with E-state index in [0.29, 0.717) is 46.3 Å². The number of hydrogen-bond acceptors (Lipinski definition) is 14. The number of nitrogens with one attached hydrogen (secondary N) is 6. The Hall–Kier alpha value is -7.32. The van der Waals surface area contributed by atoms with Crippen molar-refractivity contribution in [2.45, 2.75) is 41.5 Å². The molecule has 0 fully saturated rings. The van der Waals surface area contributed by atoms with Crippen LogP contribution in [0.1, 0.15) is 44.5 Å². The smallest absolute Gasteiger partial charge is 0.233 e. The molecule has 2 aromatic heterocycles. The van der Waals surface area contributed by atoms with Crippen molar-refractivity contribution in [2.75, 3.05) is 38.6 Å². The highest BCUT2D eigenvalue weighted by molar-refractivity contribution is 5.67. The minimum Gasteiger partial charge on any atom is -0.337 e. The minimum atomic E-state index is 0.144. The predicted octanol–water partition coefficient (Wildman–Crippen LogP) is 8.11. The van der Waals surface area contributed by atoms with Gasteiger partial charge in [-0.2, -0.15) is 40.4 Å². The Morgan fingerprint density at radius 1 is 0.434 bits per heavy atom. The summed E-state index contributed by atoms with van der Waals surface area (Å²) in [4.78, 5) is 27.8. The number of rotatable bonds is 12. The summed E-state index contributed by atoms with van der Waals surface area (Å²) in [7, 11) is 0. The number of hydrogen-bond donors (Lipinski definition) is 6. The van der Waals surface area contributed by atoms with Gasteiger partial charge in [0.05, 0.1) is 29.9 Å². The second-order valence-electron chi connectivity index (χ2n) is 12.6. The van der Waals surface area contributed by atoms with Crippen LogP contribution in [-0.4, -0.2) is 36.6 Å². The van der Waals surface area contributed by atoms with Gasteiger partial charge >= 0.3 is 0 Å². The number of benzene rings is 4. The highest BCUT2D eigenvalue weighted by Gasteiger charge is 2.14. The first kappa shape index (κ1) is 35.5. The molecule has 0 aliphatic heterocycles. The first-order valence-electron chi connectivity index (χ1n) is 16.8. The average Bonchev–Trinajstić information content (AvgIpc) is 3.12. The largest absolute Gasteiger partial charge is 0.337 e. The first-order chi connectivity index (χ1) is 25.5. The number of nitriles is 2. The normalized spacial score (nSPS) is 10.5. The lowest BCUT2D eigenvalue weighted by molar-refractivity contribution is 1.00. The SMILES string of the molecule is Cc1cc(C)c(Nc2nc(NCNc3nc(Nc4ccc(C#N)cc4)nc(Nc4c(C)cc(C)cc4C)n3)nc(Nc3ccc(C#N)cc3)n2)c(C)c1. The molecule has 53 heavy (non-hydrogen) atoms. The van der Waals surface area contributed by atoms with Crippen molar-refractivity contribution in [3.05, 3.63) is 117 Å². The van der Waals surface area contributed by atoms with Gasteiger partial charge in [-0.15, -0.1) is 0 Å². The molecule has 0 aliphatic rings.